The number of alkyl halides is 5. The Kier molecular flexibility index (Phi) is 8.11. The lowest BCUT2D eigenvalue weighted by Gasteiger charge is -2.41. The van der Waals surface area contributed by atoms with Crippen LogP contribution in [0.1, 0.15) is 25.3 Å². The van der Waals surface area contributed by atoms with E-state index in [1.165, 1.54) is 6.92 Å². The summed E-state index contributed by atoms with van der Waals surface area (Å²) < 4.78 is 75.8. The number of halogens is 6. The third kappa shape index (κ3) is 6.14. The van der Waals surface area contributed by atoms with E-state index in [2.05, 4.69) is 20.0 Å². The van der Waals surface area contributed by atoms with E-state index in [-0.39, 0.29) is 11.6 Å². The molecule has 2 unspecified atom stereocenters. The second-order valence-corrected chi connectivity index (χ2v) is 8.08. The normalized spacial score (nSPS) is 17.2. The van der Waals surface area contributed by atoms with Crippen molar-refractivity contribution in [3.63, 3.8) is 0 Å². The van der Waals surface area contributed by atoms with Crippen LogP contribution in [0.25, 0.3) is 0 Å². The maximum atomic E-state index is 15.1. The number of carbonyl (C=O) groups is 2. The smallest absolute Gasteiger partial charge is 0.406 e. The van der Waals surface area contributed by atoms with Crippen LogP contribution in [-0.2, 0) is 19.9 Å². The highest BCUT2D eigenvalue weighted by atomic mass is 35.5. The van der Waals surface area contributed by atoms with Gasteiger partial charge < -0.3 is 14.8 Å². The highest BCUT2D eigenvalue weighted by Crippen LogP contribution is 2.38. The highest BCUT2D eigenvalue weighted by Gasteiger charge is 2.48. The molecule has 190 valence electrons. The quantitative estimate of drug-likeness (QED) is 0.441. The van der Waals surface area contributed by atoms with Crippen molar-refractivity contribution in [3.05, 3.63) is 48.3 Å². The minimum atomic E-state index is -5.11. The van der Waals surface area contributed by atoms with Gasteiger partial charge in [0.15, 0.2) is 11.4 Å². The van der Waals surface area contributed by atoms with Crippen LogP contribution in [0.4, 0.5) is 27.6 Å². The van der Waals surface area contributed by atoms with Crippen LogP contribution in [0.15, 0.2) is 36.9 Å². The van der Waals surface area contributed by atoms with Crippen molar-refractivity contribution in [1.82, 2.24) is 15.3 Å². The van der Waals surface area contributed by atoms with Crippen molar-refractivity contribution >= 4 is 29.1 Å². The van der Waals surface area contributed by atoms with Crippen molar-refractivity contribution in [1.29, 1.82) is 0 Å². The minimum Gasteiger partial charge on any atom is -0.406 e. The molecular formula is C21H20ClF5N4O4. The Morgan fingerprint density at radius 3 is 2.40 bits per heavy atom. The Balaban J connectivity index is 2.13. The zero-order valence-corrected chi connectivity index (χ0v) is 18.9. The van der Waals surface area contributed by atoms with Crippen LogP contribution in [0.3, 0.4) is 0 Å². The maximum absolute atomic E-state index is 15.1. The van der Waals surface area contributed by atoms with Crippen LogP contribution in [-0.4, -0.2) is 53.0 Å². The largest absolute Gasteiger partial charge is 0.573 e. The van der Waals surface area contributed by atoms with Gasteiger partial charge in [0, 0.05) is 43.3 Å². The predicted octanol–water partition coefficient (Wildman–Crippen LogP) is 3.59. The third-order valence-electron chi connectivity index (χ3n) is 5.37. The topological polar surface area (TPSA) is 93.6 Å². The lowest BCUT2D eigenvalue weighted by atomic mass is 9.89. The van der Waals surface area contributed by atoms with E-state index in [0.29, 0.717) is 43.1 Å². The van der Waals surface area contributed by atoms with Crippen LogP contribution in [0.5, 0.6) is 5.75 Å². The van der Waals surface area contributed by atoms with Gasteiger partial charge in [0.2, 0.25) is 0 Å². The standard InChI is InChI=1S/C21H20ClF5N4O4/c1-20(12-9-28-11-29-10-12,19(33)30-13-4-6-34-7-5-13)31(18(32)17(22)24)16-3-2-14(8-15(16)23)35-21(25,26)27/h2-3,8-11,13,17H,4-7H2,1H3,(H,30,33). The molecule has 1 aliphatic heterocycles. The van der Waals surface area contributed by atoms with Gasteiger partial charge in [-0.25, -0.2) is 18.7 Å². The van der Waals surface area contributed by atoms with E-state index in [4.69, 9.17) is 16.3 Å². The second-order valence-electron chi connectivity index (χ2n) is 7.69. The van der Waals surface area contributed by atoms with E-state index in [0.717, 1.165) is 24.8 Å². The number of hydrogen-bond acceptors (Lipinski definition) is 6. The van der Waals surface area contributed by atoms with Crippen molar-refractivity contribution in [2.24, 2.45) is 0 Å². The zero-order chi connectivity index (χ0) is 25.8. The molecule has 0 bridgehead atoms. The number of nitrogens with zero attached hydrogens (tertiary/aromatic N) is 3. The first-order chi connectivity index (χ1) is 16.4. The lowest BCUT2D eigenvalue weighted by molar-refractivity contribution is -0.274. The van der Waals surface area contributed by atoms with Gasteiger partial charge in [0.1, 0.15) is 12.1 Å². The first-order valence-electron chi connectivity index (χ1n) is 10.2. The number of anilines is 1. The monoisotopic (exact) mass is 522 g/mol. The molecule has 0 aliphatic carbocycles. The summed E-state index contributed by atoms with van der Waals surface area (Å²) in [4.78, 5) is 34.6. The molecule has 3 rings (SSSR count). The van der Waals surface area contributed by atoms with Gasteiger partial charge in [-0.1, -0.05) is 11.6 Å². The summed E-state index contributed by atoms with van der Waals surface area (Å²) in [6.07, 6.45) is -0.756. The molecule has 2 amide bonds. The van der Waals surface area contributed by atoms with Crippen molar-refractivity contribution < 1.29 is 41.0 Å². The van der Waals surface area contributed by atoms with Gasteiger partial charge >= 0.3 is 6.36 Å². The average molecular weight is 523 g/mol. The summed E-state index contributed by atoms with van der Waals surface area (Å²) >= 11 is 5.40. The van der Waals surface area contributed by atoms with Crippen LogP contribution in [0.2, 0.25) is 0 Å². The molecule has 1 aliphatic rings. The minimum absolute atomic E-state index is 0.0368. The van der Waals surface area contributed by atoms with Crippen molar-refractivity contribution in [2.45, 2.75) is 43.3 Å². The van der Waals surface area contributed by atoms with Gasteiger partial charge in [0.05, 0.1) is 5.69 Å². The Morgan fingerprint density at radius 2 is 1.86 bits per heavy atom. The molecule has 1 fully saturated rings. The number of ether oxygens (including phenoxy) is 2. The summed E-state index contributed by atoms with van der Waals surface area (Å²) in [5, 5.41) is 2.73. The fourth-order valence-corrected chi connectivity index (χ4v) is 3.72. The summed E-state index contributed by atoms with van der Waals surface area (Å²) in [6, 6.07) is 1.44. The van der Waals surface area contributed by atoms with Crippen LogP contribution >= 0.6 is 11.6 Å². The number of benzene rings is 1. The molecule has 0 saturated carbocycles. The van der Waals surface area contributed by atoms with Crippen molar-refractivity contribution in [3.8, 4) is 5.75 Å². The van der Waals surface area contributed by atoms with E-state index in [9.17, 15) is 27.2 Å². The molecule has 2 aromatic rings. The molecule has 1 aromatic heterocycles. The number of carbonyl (C=O) groups excluding carboxylic acids is 2. The molecule has 2 heterocycles. The van der Waals surface area contributed by atoms with E-state index in [1.807, 2.05) is 0 Å². The predicted molar refractivity (Wildman–Crippen MR) is 113 cm³/mol. The number of hydrogen-bond donors (Lipinski definition) is 1. The van der Waals surface area contributed by atoms with Gasteiger partial charge in [0.25, 0.3) is 17.4 Å². The summed E-state index contributed by atoms with van der Waals surface area (Å²) in [6.45, 7) is 1.92. The zero-order valence-electron chi connectivity index (χ0n) is 18.2. The SMILES string of the molecule is CC(C(=O)NC1CCOCC1)(c1cncnc1)N(C(=O)C(F)Cl)c1ccc(OC(F)(F)F)cc1F. The molecule has 1 N–H and O–H groups in total. The number of amides is 2. The third-order valence-corrected chi connectivity index (χ3v) is 5.56. The maximum Gasteiger partial charge on any atom is 0.573 e. The Bertz CT molecular complexity index is 1050. The van der Waals surface area contributed by atoms with E-state index >= 15 is 4.39 Å². The molecule has 14 heteroatoms. The Hall–Kier alpha value is -3.06. The summed E-state index contributed by atoms with van der Waals surface area (Å²) in [5.74, 6) is -4.71. The molecule has 35 heavy (non-hydrogen) atoms. The van der Waals surface area contributed by atoms with E-state index < -0.39 is 46.6 Å². The molecule has 0 radical (unpaired) electrons. The lowest BCUT2D eigenvalue weighted by Crippen LogP contribution is -2.60. The number of aromatic nitrogens is 2. The Labute approximate surface area is 201 Å². The summed E-state index contributed by atoms with van der Waals surface area (Å²) in [5.41, 5.74) is -5.64. The number of rotatable bonds is 7. The molecular weight excluding hydrogens is 503 g/mol. The van der Waals surface area contributed by atoms with Crippen molar-refractivity contribution in [2.75, 3.05) is 18.1 Å². The summed E-state index contributed by atoms with van der Waals surface area (Å²) in [7, 11) is 0. The Morgan fingerprint density at radius 1 is 1.23 bits per heavy atom. The fraction of sp³-hybridized carbons (Fsp3) is 0.429. The molecule has 1 saturated heterocycles. The molecule has 8 nitrogen and oxygen atoms in total. The van der Waals surface area contributed by atoms with Crippen LogP contribution < -0.4 is 15.0 Å². The first-order valence-corrected chi connectivity index (χ1v) is 10.7. The van der Waals surface area contributed by atoms with Crippen LogP contribution in [0, 0.1) is 5.82 Å². The first kappa shape index (κ1) is 26.5. The van der Waals surface area contributed by atoms with E-state index in [1.54, 1.807) is 0 Å². The number of nitrogens with one attached hydrogen (secondary N) is 1. The molecule has 2 atom stereocenters. The van der Waals surface area contributed by atoms with Gasteiger partial charge in [-0.15, -0.1) is 13.2 Å². The molecule has 0 spiro atoms. The second kappa shape index (κ2) is 10.7. The van der Waals surface area contributed by atoms with Gasteiger partial charge in [-0.05, 0) is 31.9 Å². The molecule has 1 aromatic carbocycles. The average Bonchev–Trinajstić information content (AvgIpc) is 2.80. The van der Waals surface area contributed by atoms with Gasteiger partial charge in [-0.2, -0.15) is 0 Å². The highest BCUT2D eigenvalue weighted by molar-refractivity contribution is 6.32. The van der Waals surface area contributed by atoms with Gasteiger partial charge in [-0.3, -0.25) is 14.5 Å². The fourth-order valence-electron chi connectivity index (χ4n) is 3.62.